The lowest BCUT2D eigenvalue weighted by Gasteiger charge is -2.36. The molecule has 3 rings (SSSR count). The van der Waals surface area contributed by atoms with Crippen molar-refractivity contribution in [3.63, 3.8) is 0 Å². The second-order valence-corrected chi connectivity index (χ2v) is 7.66. The zero-order valence-electron chi connectivity index (χ0n) is 18.9. The summed E-state index contributed by atoms with van der Waals surface area (Å²) in [6, 6.07) is 11.4. The molecule has 1 amide bonds. The van der Waals surface area contributed by atoms with Crippen molar-refractivity contribution in [3.8, 4) is 11.5 Å². The maximum atomic E-state index is 13.3. The monoisotopic (exact) mass is 446 g/mol. The Bertz CT molecular complexity index is 877. The van der Waals surface area contributed by atoms with Gasteiger partial charge < -0.3 is 23.8 Å². The quantitative estimate of drug-likeness (QED) is 0.560. The van der Waals surface area contributed by atoms with E-state index in [2.05, 4.69) is 4.90 Å². The molecule has 1 atom stereocenters. The number of amides is 1. The van der Waals surface area contributed by atoms with E-state index in [-0.39, 0.29) is 17.8 Å². The predicted molar refractivity (Wildman–Crippen MR) is 119 cm³/mol. The highest BCUT2D eigenvalue weighted by Gasteiger charge is 2.26. The molecule has 1 aliphatic heterocycles. The Morgan fingerprint density at radius 3 is 2.62 bits per heavy atom. The predicted octanol–water partition coefficient (Wildman–Crippen LogP) is 2.83. The standard InChI is InChI=1S/C24H31FN2O5/c1-29-12-11-27(24(28)18-4-7-20(25)8-5-18)17-22-16-26(10-13-32-22)15-19-6-9-21(30-2)14-23(19)31-3/h4-9,14,22H,10-13,15-17H2,1-3H3. The number of methoxy groups -OCH3 is 3. The van der Waals surface area contributed by atoms with Gasteiger partial charge in [0.2, 0.25) is 0 Å². The average Bonchev–Trinajstić information content (AvgIpc) is 2.82. The minimum absolute atomic E-state index is 0.144. The second kappa shape index (κ2) is 11.8. The Balaban J connectivity index is 1.66. The van der Waals surface area contributed by atoms with Gasteiger partial charge in [-0.25, -0.2) is 4.39 Å². The highest BCUT2D eigenvalue weighted by Crippen LogP contribution is 2.26. The van der Waals surface area contributed by atoms with Crippen LogP contribution in [-0.2, 0) is 16.0 Å². The van der Waals surface area contributed by atoms with Crippen molar-refractivity contribution in [3.05, 3.63) is 59.4 Å². The third-order valence-electron chi connectivity index (χ3n) is 5.48. The van der Waals surface area contributed by atoms with Crippen LogP contribution in [0.15, 0.2) is 42.5 Å². The molecule has 0 radical (unpaired) electrons. The maximum absolute atomic E-state index is 13.3. The number of nitrogens with zero attached hydrogens (tertiary/aromatic N) is 2. The number of hydrogen-bond donors (Lipinski definition) is 0. The van der Waals surface area contributed by atoms with E-state index in [0.29, 0.717) is 45.0 Å². The minimum Gasteiger partial charge on any atom is -0.497 e. The van der Waals surface area contributed by atoms with Crippen LogP contribution in [0.1, 0.15) is 15.9 Å². The van der Waals surface area contributed by atoms with Crippen molar-refractivity contribution in [2.24, 2.45) is 0 Å². The fraction of sp³-hybridized carbons (Fsp3) is 0.458. The lowest BCUT2D eigenvalue weighted by molar-refractivity contribution is -0.0445. The van der Waals surface area contributed by atoms with E-state index in [4.69, 9.17) is 18.9 Å². The van der Waals surface area contributed by atoms with Gasteiger partial charge in [0, 0.05) is 57.0 Å². The van der Waals surface area contributed by atoms with Crippen molar-refractivity contribution < 1.29 is 28.1 Å². The normalized spacial score (nSPS) is 16.6. The Morgan fingerprint density at radius 2 is 1.94 bits per heavy atom. The second-order valence-electron chi connectivity index (χ2n) is 7.66. The number of hydrogen-bond acceptors (Lipinski definition) is 6. The van der Waals surface area contributed by atoms with E-state index in [0.717, 1.165) is 23.6 Å². The van der Waals surface area contributed by atoms with Gasteiger partial charge in [-0.1, -0.05) is 6.07 Å². The molecule has 2 aromatic rings. The molecular weight excluding hydrogens is 415 g/mol. The molecule has 32 heavy (non-hydrogen) atoms. The van der Waals surface area contributed by atoms with E-state index in [9.17, 15) is 9.18 Å². The average molecular weight is 447 g/mol. The molecule has 8 heteroatoms. The molecular formula is C24H31FN2O5. The van der Waals surface area contributed by atoms with Gasteiger partial charge in [-0.15, -0.1) is 0 Å². The van der Waals surface area contributed by atoms with Crippen molar-refractivity contribution in [1.29, 1.82) is 0 Å². The summed E-state index contributed by atoms with van der Waals surface area (Å²) in [5, 5.41) is 0. The smallest absolute Gasteiger partial charge is 0.254 e. The van der Waals surface area contributed by atoms with Crippen molar-refractivity contribution in [2.45, 2.75) is 12.6 Å². The van der Waals surface area contributed by atoms with E-state index < -0.39 is 0 Å². The highest BCUT2D eigenvalue weighted by molar-refractivity contribution is 5.94. The van der Waals surface area contributed by atoms with Gasteiger partial charge in [-0.2, -0.15) is 0 Å². The fourth-order valence-electron chi connectivity index (χ4n) is 3.76. The Kier molecular flexibility index (Phi) is 8.84. The van der Waals surface area contributed by atoms with Crippen molar-refractivity contribution in [1.82, 2.24) is 9.80 Å². The van der Waals surface area contributed by atoms with Crippen LogP contribution in [0.3, 0.4) is 0 Å². The molecule has 0 spiro atoms. The van der Waals surface area contributed by atoms with E-state index in [1.165, 1.54) is 24.3 Å². The van der Waals surface area contributed by atoms with E-state index >= 15 is 0 Å². The number of halogens is 1. The summed E-state index contributed by atoms with van der Waals surface area (Å²) in [7, 11) is 4.88. The Morgan fingerprint density at radius 1 is 1.16 bits per heavy atom. The van der Waals surface area contributed by atoms with Crippen LogP contribution >= 0.6 is 0 Å². The topological polar surface area (TPSA) is 60.5 Å². The summed E-state index contributed by atoms with van der Waals surface area (Å²) in [6.07, 6.45) is -0.144. The third kappa shape index (κ3) is 6.41. The van der Waals surface area contributed by atoms with Gasteiger partial charge in [0.15, 0.2) is 0 Å². The van der Waals surface area contributed by atoms with Crippen LogP contribution in [0.5, 0.6) is 11.5 Å². The van der Waals surface area contributed by atoms with Crippen LogP contribution in [-0.4, -0.2) is 82.5 Å². The van der Waals surface area contributed by atoms with Crippen LogP contribution in [0.4, 0.5) is 4.39 Å². The number of benzene rings is 2. The molecule has 0 N–H and O–H groups in total. The summed E-state index contributed by atoms with van der Waals surface area (Å²) in [5.41, 5.74) is 1.51. The van der Waals surface area contributed by atoms with Crippen LogP contribution < -0.4 is 9.47 Å². The van der Waals surface area contributed by atoms with Crippen LogP contribution in [0.2, 0.25) is 0 Å². The first-order chi connectivity index (χ1) is 15.5. The van der Waals surface area contributed by atoms with E-state index in [1.54, 1.807) is 26.2 Å². The molecule has 1 unspecified atom stereocenters. The lowest BCUT2D eigenvalue weighted by Crippen LogP contribution is -2.49. The zero-order chi connectivity index (χ0) is 22.9. The molecule has 1 aliphatic rings. The molecule has 7 nitrogen and oxygen atoms in total. The van der Waals surface area contributed by atoms with Gasteiger partial charge in [0.25, 0.3) is 5.91 Å². The molecule has 0 bridgehead atoms. The van der Waals surface area contributed by atoms with Crippen LogP contribution in [0.25, 0.3) is 0 Å². The SMILES string of the molecule is COCCN(CC1CN(Cc2ccc(OC)cc2OC)CCO1)C(=O)c1ccc(F)cc1. The molecule has 0 aliphatic carbocycles. The first-order valence-electron chi connectivity index (χ1n) is 10.6. The molecule has 1 fully saturated rings. The number of morpholine rings is 1. The lowest BCUT2D eigenvalue weighted by atomic mass is 10.1. The zero-order valence-corrected chi connectivity index (χ0v) is 18.9. The number of carbonyl (C=O) groups excluding carboxylic acids is 1. The summed E-state index contributed by atoms with van der Waals surface area (Å²) in [5.74, 6) is 0.990. The minimum atomic E-state index is -0.370. The Hall–Kier alpha value is -2.68. The summed E-state index contributed by atoms with van der Waals surface area (Å²) < 4.78 is 35.2. The van der Waals surface area contributed by atoms with Gasteiger partial charge in [-0.3, -0.25) is 9.69 Å². The van der Waals surface area contributed by atoms with Gasteiger partial charge in [0.05, 0.1) is 33.5 Å². The molecule has 1 heterocycles. The molecule has 0 saturated carbocycles. The first kappa shape index (κ1) is 24.0. The van der Waals surface area contributed by atoms with E-state index in [1.807, 2.05) is 18.2 Å². The molecule has 174 valence electrons. The molecule has 0 aromatic heterocycles. The van der Waals surface area contributed by atoms with Gasteiger partial charge in [-0.05, 0) is 30.3 Å². The first-order valence-corrected chi connectivity index (χ1v) is 10.6. The fourth-order valence-corrected chi connectivity index (χ4v) is 3.76. The maximum Gasteiger partial charge on any atom is 0.254 e. The van der Waals surface area contributed by atoms with Crippen molar-refractivity contribution >= 4 is 5.91 Å². The van der Waals surface area contributed by atoms with Gasteiger partial charge >= 0.3 is 0 Å². The number of carbonyl (C=O) groups is 1. The molecule has 2 aromatic carbocycles. The highest BCUT2D eigenvalue weighted by atomic mass is 19.1. The molecule has 1 saturated heterocycles. The summed E-state index contributed by atoms with van der Waals surface area (Å²) in [6.45, 7) is 4.01. The van der Waals surface area contributed by atoms with Crippen LogP contribution in [0, 0.1) is 5.82 Å². The van der Waals surface area contributed by atoms with Gasteiger partial charge in [0.1, 0.15) is 17.3 Å². The summed E-state index contributed by atoms with van der Waals surface area (Å²) >= 11 is 0. The summed E-state index contributed by atoms with van der Waals surface area (Å²) in [4.78, 5) is 17.0. The largest absolute Gasteiger partial charge is 0.497 e. The number of rotatable bonds is 10. The Labute approximate surface area is 188 Å². The third-order valence-corrected chi connectivity index (χ3v) is 5.48. The number of ether oxygens (including phenoxy) is 4. The van der Waals surface area contributed by atoms with Crippen molar-refractivity contribution in [2.75, 3.05) is 60.7 Å².